The molecule has 3 rings (SSSR count). The second kappa shape index (κ2) is 7.20. The molecular formula is C21H20F3NO2S. The average Bonchev–Trinajstić information content (AvgIpc) is 2.95. The van der Waals surface area contributed by atoms with Gasteiger partial charge in [0.25, 0.3) is 0 Å². The van der Waals surface area contributed by atoms with Crippen molar-refractivity contribution in [1.29, 1.82) is 5.41 Å². The molecule has 0 saturated heterocycles. The van der Waals surface area contributed by atoms with Crippen LogP contribution < -0.4 is 0 Å². The Balaban J connectivity index is 1.79. The molecule has 7 heteroatoms. The van der Waals surface area contributed by atoms with Crippen molar-refractivity contribution in [3.63, 3.8) is 0 Å². The Kier molecular flexibility index (Phi) is 5.23. The number of allylic oxidation sites excluding steroid dienone is 2. The number of rotatable bonds is 4. The standard InChI is InChI=1S/C21H20F3NO2S/c1-13-11-15(18-6-4-3-5-17(13)18)7-10-20(25)28(26,27)19-9-8-16(12-14(19)2)21(22,23)24/h3-6,8-9,11-13,25H,7,10H2,1-2H3. The summed E-state index contributed by atoms with van der Waals surface area (Å²) in [5.41, 5.74) is 2.30. The van der Waals surface area contributed by atoms with Gasteiger partial charge in [0.2, 0.25) is 9.84 Å². The minimum absolute atomic E-state index is 0.00428. The highest BCUT2D eigenvalue weighted by atomic mass is 32.2. The smallest absolute Gasteiger partial charge is 0.293 e. The van der Waals surface area contributed by atoms with Crippen LogP contribution in [0.2, 0.25) is 0 Å². The van der Waals surface area contributed by atoms with E-state index in [9.17, 15) is 21.6 Å². The minimum atomic E-state index is -4.54. The summed E-state index contributed by atoms with van der Waals surface area (Å²) in [4.78, 5) is -0.250. The molecule has 28 heavy (non-hydrogen) atoms. The van der Waals surface area contributed by atoms with E-state index in [0.29, 0.717) is 6.42 Å². The zero-order valence-corrected chi connectivity index (χ0v) is 16.3. The molecule has 1 aliphatic rings. The molecular weight excluding hydrogens is 387 g/mol. The lowest BCUT2D eigenvalue weighted by atomic mass is 10.0. The van der Waals surface area contributed by atoms with Crippen LogP contribution in [0, 0.1) is 12.3 Å². The SMILES string of the molecule is Cc1cc(C(F)(F)F)ccc1S(=O)(=O)C(=N)CCC1=CC(C)c2ccccc21. The summed E-state index contributed by atoms with van der Waals surface area (Å²) in [6.45, 7) is 3.37. The Morgan fingerprint density at radius 2 is 1.82 bits per heavy atom. The van der Waals surface area contributed by atoms with Crippen LogP contribution in [-0.2, 0) is 16.0 Å². The monoisotopic (exact) mass is 407 g/mol. The first kappa shape index (κ1) is 20.3. The van der Waals surface area contributed by atoms with E-state index in [1.807, 2.05) is 24.3 Å². The molecule has 0 fully saturated rings. The van der Waals surface area contributed by atoms with Crippen molar-refractivity contribution in [2.75, 3.05) is 0 Å². The van der Waals surface area contributed by atoms with Crippen LogP contribution in [0.3, 0.4) is 0 Å². The lowest BCUT2D eigenvalue weighted by Gasteiger charge is -2.13. The summed E-state index contributed by atoms with van der Waals surface area (Å²) in [5, 5.41) is 7.57. The van der Waals surface area contributed by atoms with Crippen LogP contribution in [-0.4, -0.2) is 13.5 Å². The van der Waals surface area contributed by atoms with Crippen LogP contribution in [0.1, 0.15) is 47.9 Å². The van der Waals surface area contributed by atoms with E-state index in [-0.39, 0.29) is 22.8 Å². The van der Waals surface area contributed by atoms with Gasteiger partial charge in [-0.1, -0.05) is 37.3 Å². The van der Waals surface area contributed by atoms with Crippen LogP contribution in [0.25, 0.3) is 5.57 Å². The van der Waals surface area contributed by atoms with Gasteiger partial charge >= 0.3 is 6.18 Å². The number of sulfone groups is 1. The fourth-order valence-electron chi connectivity index (χ4n) is 3.53. The van der Waals surface area contributed by atoms with Crippen molar-refractivity contribution in [2.24, 2.45) is 0 Å². The van der Waals surface area contributed by atoms with Gasteiger partial charge in [-0.25, -0.2) is 8.42 Å². The predicted octanol–water partition coefficient (Wildman–Crippen LogP) is 5.75. The first-order chi connectivity index (χ1) is 13.0. The zero-order chi connectivity index (χ0) is 20.7. The van der Waals surface area contributed by atoms with Gasteiger partial charge < -0.3 is 0 Å². The van der Waals surface area contributed by atoms with Crippen LogP contribution in [0.5, 0.6) is 0 Å². The van der Waals surface area contributed by atoms with E-state index in [1.54, 1.807) is 0 Å². The lowest BCUT2D eigenvalue weighted by molar-refractivity contribution is -0.137. The zero-order valence-electron chi connectivity index (χ0n) is 15.5. The second-order valence-corrected chi connectivity index (χ2v) is 8.91. The van der Waals surface area contributed by atoms with Gasteiger partial charge in [-0.2, -0.15) is 13.2 Å². The quantitative estimate of drug-likeness (QED) is 0.519. The topological polar surface area (TPSA) is 58.0 Å². The van der Waals surface area contributed by atoms with Gasteiger partial charge in [-0.3, -0.25) is 5.41 Å². The van der Waals surface area contributed by atoms with Crippen molar-refractivity contribution in [3.05, 3.63) is 70.8 Å². The molecule has 1 unspecified atom stereocenters. The molecule has 0 bridgehead atoms. The van der Waals surface area contributed by atoms with Crippen molar-refractivity contribution in [2.45, 2.75) is 43.7 Å². The van der Waals surface area contributed by atoms with Crippen molar-refractivity contribution in [1.82, 2.24) is 0 Å². The second-order valence-electron chi connectivity index (χ2n) is 6.97. The molecule has 0 spiro atoms. The summed E-state index contributed by atoms with van der Waals surface area (Å²) >= 11 is 0. The number of hydrogen-bond donors (Lipinski definition) is 1. The predicted molar refractivity (Wildman–Crippen MR) is 103 cm³/mol. The molecule has 1 N–H and O–H groups in total. The van der Waals surface area contributed by atoms with Crippen LogP contribution in [0.15, 0.2) is 53.4 Å². The number of hydrogen-bond acceptors (Lipinski definition) is 3. The summed E-state index contributed by atoms with van der Waals surface area (Å²) in [6.07, 6.45) is -2.09. The van der Waals surface area contributed by atoms with Crippen molar-refractivity contribution >= 4 is 20.5 Å². The Morgan fingerprint density at radius 3 is 2.46 bits per heavy atom. The summed E-state index contributed by atoms with van der Waals surface area (Å²) in [7, 11) is -4.13. The lowest BCUT2D eigenvalue weighted by Crippen LogP contribution is -2.16. The first-order valence-electron chi connectivity index (χ1n) is 8.82. The molecule has 2 aromatic rings. The molecule has 0 amide bonds. The molecule has 3 nitrogen and oxygen atoms in total. The highest BCUT2D eigenvalue weighted by Crippen LogP contribution is 2.38. The Labute approximate surface area is 162 Å². The first-order valence-corrected chi connectivity index (χ1v) is 10.3. The highest BCUT2D eigenvalue weighted by molar-refractivity contribution is 8.06. The molecule has 0 heterocycles. The summed E-state index contributed by atoms with van der Waals surface area (Å²) < 4.78 is 63.8. The van der Waals surface area contributed by atoms with Gasteiger partial charge in [-0.15, -0.1) is 0 Å². The van der Waals surface area contributed by atoms with Gasteiger partial charge in [0.1, 0.15) is 5.04 Å². The molecule has 2 aromatic carbocycles. The molecule has 0 aliphatic heterocycles. The fourth-order valence-corrected chi connectivity index (χ4v) is 4.89. The molecule has 1 aliphatic carbocycles. The van der Waals surface area contributed by atoms with Gasteiger partial charge in [-0.05, 0) is 53.8 Å². The summed E-state index contributed by atoms with van der Waals surface area (Å²) in [6, 6.07) is 10.3. The maximum atomic E-state index is 12.8. The number of benzene rings is 2. The Hall–Kier alpha value is -2.41. The van der Waals surface area contributed by atoms with E-state index in [2.05, 4.69) is 13.0 Å². The Morgan fingerprint density at radius 1 is 1.14 bits per heavy atom. The van der Waals surface area contributed by atoms with Crippen LogP contribution in [0.4, 0.5) is 13.2 Å². The van der Waals surface area contributed by atoms with E-state index >= 15 is 0 Å². The third kappa shape index (κ3) is 3.76. The molecule has 148 valence electrons. The van der Waals surface area contributed by atoms with E-state index in [1.165, 1.54) is 12.5 Å². The van der Waals surface area contributed by atoms with E-state index in [4.69, 9.17) is 5.41 Å². The number of fused-ring (bicyclic) bond motifs is 1. The molecule has 0 radical (unpaired) electrons. The maximum Gasteiger partial charge on any atom is 0.416 e. The number of halogens is 3. The third-order valence-corrected chi connectivity index (χ3v) is 6.88. The van der Waals surface area contributed by atoms with Crippen LogP contribution >= 0.6 is 0 Å². The average molecular weight is 407 g/mol. The minimum Gasteiger partial charge on any atom is -0.293 e. The fraction of sp³-hybridized carbons (Fsp3) is 0.286. The van der Waals surface area contributed by atoms with Crippen molar-refractivity contribution < 1.29 is 21.6 Å². The van der Waals surface area contributed by atoms with Crippen molar-refractivity contribution in [3.8, 4) is 0 Å². The normalized spacial score (nSPS) is 16.6. The van der Waals surface area contributed by atoms with Gasteiger partial charge in [0, 0.05) is 12.3 Å². The third-order valence-electron chi connectivity index (χ3n) is 4.99. The number of aryl methyl sites for hydroxylation is 1. The molecule has 0 aromatic heterocycles. The highest BCUT2D eigenvalue weighted by Gasteiger charge is 2.32. The van der Waals surface area contributed by atoms with Gasteiger partial charge in [0.05, 0.1) is 10.5 Å². The number of alkyl halides is 3. The van der Waals surface area contributed by atoms with E-state index in [0.717, 1.165) is 29.3 Å². The molecule has 1 atom stereocenters. The number of nitrogens with one attached hydrogen (secondary N) is 1. The Bertz CT molecular complexity index is 1070. The largest absolute Gasteiger partial charge is 0.416 e. The van der Waals surface area contributed by atoms with E-state index < -0.39 is 26.6 Å². The summed E-state index contributed by atoms with van der Waals surface area (Å²) in [5.74, 6) is 0.231. The van der Waals surface area contributed by atoms with Gasteiger partial charge in [0.15, 0.2) is 0 Å². The maximum absolute atomic E-state index is 12.8. The molecule has 0 saturated carbocycles.